The number of carbonyl (C=O) groups is 2. The fourth-order valence-electron chi connectivity index (χ4n) is 2.12. The third kappa shape index (κ3) is 3.69. The monoisotopic (exact) mass is 309 g/mol. The Kier molecular flexibility index (Phi) is 5.12. The third-order valence-electron chi connectivity index (χ3n) is 3.35. The van der Waals surface area contributed by atoms with Crippen LogP contribution in [0.5, 0.6) is 5.75 Å². The Morgan fingerprint density at radius 3 is 2.90 bits per heavy atom. The molecule has 1 saturated heterocycles. The third-order valence-corrected chi connectivity index (χ3v) is 4.54. The Morgan fingerprint density at radius 2 is 2.29 bits per heavy atom. The van der Waals surface area contributed by atoms with Gasteiger partial charge in [0.15, 0.2) is 0 Å². The Balaban J connectivity index is 2.10. The molecule has 5 nitrogen and oxygen atoms in total. The van der Waals surface area contributed by atoms with Crippen molar-refractivity contribution in [1.82, 2.24) is 5.32 Å². The van der Waals surface area contributed by atoms with Crippen LogP contribution in [0.25, 0.3) is 0 Å². The highest BCUT2D eigenvalue weighted by atomic mass is 32.2. The minimum Gasteiger partial charge on any atom is -0.494 e. The summed E-state index contributed by atoms with van der Waals surface area (Å²) >= 11 is 1.54. The van der Waals surface area contributed by atoms with Crippen molar-refractivity contribution in [2.75, 3.05) is 18.1 Å². The molecule has 114 valence electrons. The molecule has 0 aromatic heterocycles. The highest BCUT2D eigenvalue weighted by Crippen LogP contribution is 2.28. The van der Waals surface area contributed by atoms with Crippen LogP contribution in [-0.2, 0) is 4.79 Å². The van der Waals surface area contributed by atoms with Crippen molar-refractivity contribution < 1.29 is 19.4 Å². The number of carboxylic acids is 1. The first kappa shape index (κ1) is 15.7. The molecule has 2 rings (SSSR count). The molecule has 1 aliphatic rings. The van der Waals surface area contributed by atoms with Gasteiger partial charge in [-0.2, -0.15) is 11.8 Å². The number of carboxylic acid groups (broad SMARTS) is 1. The van der Waals surface area contributed by atoms with Gasteiger partial charge in [0, 0.05) is 11.3 Å². The van der Waals surface area contributed by atoms with E-state index in [9.17, 15) is 14.7 Å². The number of carbonyl (C=O) groups excluding carboxylic acids is 1. The summed E-state index contributed by atoms with van der Waals surface area (Å²) < 4.78 is 5.49. The number of hydrogen-bond acceptors (Lipinski definition) is 4. The van der Waals surface area contributed by atoms with Crippen LogP contribution in [-0.4, -0.2) is 40.6 Å². The van der Waals surface area contributed by atoms with E-state index in [1.807, 2.05) is 6.92 Å². The number of nitrogens with one attached hydrogen (secondary N) is 1. The Bertz CT molecular complexity index is 526. The van der Waals surface area contributed by atoms with Gasteiger partial charge in [-0.25, -0.2) is 4.79 Å². The van der Waals surface area contributed by atoms with Crippen molar-refractivity contribution in [2.45, 2.75) is 25.3 Å². The molecular formula is C15H19NO4S. The molecular weight excluding hydrogens is 290 g/mol. The molecule has 1 atom stereocenters. The lowest BCUT2D eigenvalue weighted by molar-refractivity contribution is -0.143. The summed E-state index contributed by atoms with van der Waals surface area (Å²) in [5.74, 6) is 0.419. The van der Waals surface area contributed by atoms with Crippen molar-refractivity contribution in [1.29, 1.82) is 0 Å². The normalized spacial score (nSPS) is 21.0. The molecule has 2 N–H and O–H groups in total. The summed E-state index contributed by atoms with van der Waals surface area (Å²) in [5, 5.41) is 12.1. The number of aliphatic carboxylic acids is 1. The maximum absolute atomic E-state index is 12.3. The zero-order chi connectivity index (χ0) is 15.3. The quantitative estimate of drug-likeness (QED) is 0.842. The number of benzene rings is 1. The van der Waals surface area contributed by atoms with Crippen molar-refractivity contribution in [3.63, 3.8) is 0 Å². The van der Waals surface area contributed by atoms with Crippen LogP contribution in [0.1, 0.15) is 30.1 Å². The molecule has 1 aromatic carbocycles. The van der Waals surface area contributed by atoms with Crippen LogP contribution in [0.15, 0.2) is 24.3 Å². The van der Waals surface area contributed by atoms with Gasteiger partial charge in [0.05, 0.1) is 6.61 Å². The molecule has 0 bridgehead atoms. The van der Waals surface area contributed by atoms with Crippen molar-refractivity contribution in [3.05, 3.63) is 29.8 Å². The molecule has 0 radical (unpaired) electrons. The molecule has 1 heterocycles. The van der Waals surface area contributed by atoms with Gasteiger partial charge in [-0.05, 0) is 36.8 Å². The average molecular weight is 309 g/mol. The Morgan fingerprint density at radius 1 is 1.48 bits per heavy atom. The van der Waals surface area contributed by atoms with Gasteiger partial charge < -0.3 is 15.2 Å². The lowest BCUT2D eigenvalue weighted by atomic mass is 9.98. The summed E-state index contributed by atoms with van der Waals surface area (Å²) in [6.45, 7) is 2.59. The number of rotatable bonds is 6. The van der Waals surface area contributed by atoms with E-state index in [0.29, 0.717) is 30.1 Å². The van der Waals surface area contributed by atoms with E-state index in [1.165, 1.54) is 0 Å². The van der Waals surface area contributed by atoms with Crippen molar-refractivity contribution in [3.8, 4) is 5.75 Å². The average Bonchev–Trinajstić information content (AvgIpc) is 2.95. The van der Waals surface area contributed by atoms with Gasteiger partial charge >= 0.3 is 5.97 Å². The Hall–Kier alpha value is -1.69. The number of amides is 1. The minimum atomic E-state index is -1.15. The number of hydrogen-bond donors (Lipinski definition) is 2. The molecule has 0 saturated carbocycles. The molecule has 1 fully saturated rings. The molecule has 1 amide bonds. The highest BCUT2D eigenvalue weighted by Gasteiger charge is 2.43. The summed E-state index contributed by atoms with van der Waals surface area (Å²) in [4.78, 5) is 23.7. The number of ether oxygens (including phenoxy) is 1. The molecule has 1 aliphatic heterocycles. The van der Waals surface area contributed by atoms with Gasteiger partial charge in [0.1, 0.15) is 11.3 Å². The van der Waals surface area contributed by atoms with Gasteiger partial charge in [0.2, 0.25) is 0 Å². The molecule has 1 aromatic rings. The second-order valence-corrected chi connectivity index (χ2v) is 6.13. The van der Waals surface area contributed by atoms with Crippen LogP contribution < -0.4 is 10.1 Å². The predicted octanol–water partition coefficient (Wildman–Crippen LogP) is 2.17. The summed E-state index contributed by atoms with van der Waals surface area (Å²) in [7, 11) is 0. The number of thioether (sulfide) groups is 1. The van der Waals surface area contributed by atoms with Crippen LogP contribution >= 0.6 is 11.8 Å². The fourth-order valence-corrected chi connectivity index (χ4v) is 3.45. The second kappa shape index (κ2) is 6.85. The first-order valence-corrected chi connectivity index (χ1v) is 8.09. The van der Waals surface area contributed by atoms with Crippen LogP contribution in [0.4, 0.5) is 0 Å². The van der Waals surface area contributed by atoms with Gasteiger partial charge in [-0.15, -0.1) is 0 Å². The zero-order valence-electron chi connectivity index (χ0n) is 11.9. The molecule has 6 heteroatoms. The largest absolute Gasteiger partial charge is 0.494 e. The van der Waals surface area contributed by atoms with E-state index in [4.69, 9.17) is 4.74 Å². The maximum atomic E-state index is 12.3. The van der Waals surface area contributed by atoms with Crippen LogP contribution in [0, 0.1) is 0 Å². The van der Waals surface area contributed by atoms with E-state index < -0.39 is 11.5 Å². The van der Waals surface area contributed by atoms with Crippen molar-refractivity contribution >= 4 is 23.6 Å². The van der Waals surface area contributed by atoms with E-state index >= 15 is 0 Å². The predicted molar refractivity (Wildman–Crippen MR) is 82.0 cm³/mol. The van der Waals surface area contributed by atoms with E-state index in [0.717, 1.165) is 12.2 Å². The van der Waals surface area contributed by atoms with Gasteiger partial charge in [0.25, 0.3) is 5.91 Å². The SMILES string of the molecule is CCCOc1cccc(C(=O)NC2(C(=O)O)CCSC2)c1. The molecule has 0 spiro atoms. The fraction of sp³-hybridized carbons (Fsp3) is 0.467. The smallest absolute Gasteiger partial charge is 0.330 e. The molecule has 0 aliphatic carbocycles. The lowest BCUT2D eigenvalue weighted by Crippen LogP contribution is -2.54. The summed E-state index contributed by atoms with van der Waals surface area (Å²) in [5.41, 5.74) is -0.733. The highest BCUT2D eigenvalue weighted by molar-refractivity contribution is 7.99. The van der Waals surface area contributed by atoms with E-state index in [-0.39, 0.29) is 5.91 Å². The molecule has 1 unspecified atom stereocenters. The minimum absolute atomic E-state index is 0.373. The second-order valence-electron chi connectivity index (χ2n) is 5.02. The zero-order valence-corrected chi connectivity index (χ0v) is 12.7. The summed E-state index contributed by atoms with van der Waals surface area (Å²) in [6, 6.07) is 6.82. The molecule has 21 heavy (non-hydrogen) atoms. The topological polar surface area (TPSA) is 75.6 Å². The van der Waals surface area contributed by atoms with E-state index in [2.05, 4.69) is 5.32 Å². The maximum Gasteiger partial charge on any atom is 0.330 e. The van der Waals surface area contributed by atoms with Crippen LogP contribution in [0.2, 0.25) is 0 Å². The Labute approximate surface area is 128 Å². The standard InChI is InChI=1S/C15H19NO4S/c1-2-7-20-12-5-3-4-11(9-12)13(17)16-15(14(18)19)6-8-21-10-15/h3-5,9H,2,6-8,10H2,1H3,(H,16,17)(H,18,19). The first-order valence-electron chi connectivity index (χ1n) is 6.94. The van der Waals surface area contributed by atoms with Gasteiger partial charge in [-0.1, -0.05) is 13.0 Å². The summed E-state index contributed by atoms with van der Waals surface area (Å²) in [6.07, 6.45) is 1.33. The van der Waals surface area contributed by atoms with E-state index in [1.54, 1.807) is 36.0 Å². The van der Waals surface area contributed by atoms with Crippen molar-refractivity contribution in [2.24, 2.45) is 0 Å². The lowest BCUT2D eigenvalue weighted by Gasteiger charge is -2.24. The van der Waals surface area contributed by atoms with Crippen LogP contribution in [0.3, 0.4) is 0 Å². The first-order chi connectivity index (χ1) is 10.1. The van der Waals surface area contributed by atoms with Gasteiger partial charge in [-0.3, -0.25) is 4.79 Å².